The number of carbonyl (C=O) groups excluding carboxylic acids is 1. The maximum atomic E-state index is 11.9. The van der Waals surface area contributed by atoms with Crippen molar-refractivity contribution in [3.05, 3.63) is 22.4 Å². The van der Waals surface area contributed by atoms with Crippen molar-refractivity contribution in [3.63, 3.8) is 0 Å². The fraction of sp³-hybridized carbons (Fsp3) is 0.667. The third-order valence-corrected chi connectivity index (χ3v) is 4.98. The Morgan fingerprint density at radius 2 is 2.42 bits per heavy atom. The predicted octanol–water partition coefficient (Wildman–Crippen LogP) is 3.08. The quantitative estimate of drug-likeness (QED) is 0.871. The van der Waals surface area contributed by atoms with Gasteiger partial charge in [0.05, 0.1) is 0 Å². The van der Waals surface area contributed by atoms with Gasteiger partial charge in [-0.25, -0.2) is 0 Å². The fourth-order valence-corrected chi connectivity index (χ4v) is 3.65. The Morgan fingerprint density at radius 1 is 1.58 bits per heavy atom. The van der Waals surface area contributed by atoms with Crippen LogP contribution in [0.5, 0.6) is 0 Å². The molecular weight excluding hydrogens is 256 g/mol. The van der Waals surface area contributed by atoms with Crippen LogP contribution in [0.3, 0.4) is 0 Å². The van der Waals surface area contributed by atoms with E-state index in [-0.39, 0.29) is 5.91 Å². The first kappa shape index (κ1) is 14.5. The summed E-state index contributed by atoms with van der Waals surface area (Å²) in [5.74, 6) is 1.58. The summed E-state index contributed by atoms with van der Waals surface area (Å²) in [6.07, 6.45) is 6.43. The molecule has 0 saturated heterocycles. The predicted molar refractivity (Wildman–Crippen MR) is 80.0 cm³/mol. The zero-order chi connectivity index (χ0) is 13.7. The molecule has 0 aliphatic heterocycles. The Morgan fingerprint density at radius 3 is 3.11 bits per heavy atom. The number of nitrogens with two attached hydrogens (primary N) is 1. The van der Waals surface area contributed by atoms with Gasteiger partial charge in [0, 0.05) is 11.4 Å². The SMILES string of the molecule is CC1CCCC(CCNC(=O)C(N)c2cccs2)C1. The van der Waals surface area contributed by atoms with E-state index in [0.29, 0.717) is 0 Å². The lowest BCUT2D eigenvalue weighted by atomic mass is 9.81. The maximum Gasteiger partial charge on any atom is 0.242 e. The Labute approximate surface area is 119 Å². The molecule has 3 N–H and O–H groups in total. The van der Waals surface area contributed by atoms with Crippen molar-refractivity contribution in [3.8, 4) is 0 Å². The lowest BCUT2D eigenvalue weighted by molar-refractivity contribution is -0.122. The summed E-state index contributed by atoms with van der Waals surface area (Å²) in [5, 5.41) is 4.93. The number of hydrogen-bond acceptors (Lipinski definition) is 3. The summed E-state index contributed by atoms with van der Waals surface area (Å²) in [7, 11) is 0. The first-order valence-corrected chi connectivity index (χ1v) is 8.11. The molecule has 0 bridgehead atoms. The molecule has 1 fully saturated rings. The second kappa shape index (κ2) is 7.06. The van der Waals surface area contributed by atoms with E-state index in [2.05, 4.69) is 12.2 Å². The molecule has 2 rings (SSSR count). The van der Waals surface area contributed by atoms with E-state index in [1.165, 1.54) is 37.0 Å². The van der Waals surface area contributed by atoms with Gasteiger partial charge < -0.3 is 11.1 Å². The molecule has 3 atom stereocenters. The van der Waals surface area contributed by atoms with E-state index in [1.54, 1.807) is 0 Å². The minimum absolute atomic E-state index is 0.0497. The first-order chi connectivity index (χ1) is 9.16. The molecule has 1 aromatic rings. The highest BCUT2D eigenvalue weighted by atomic mass is 32.1. The molecule has 1 aliphatic carbocycles. The third kappa shape index (κ3) is 4.32. The van der Waals surface area contributed by atoms with Crippen molar-refractivity contribution in [1.29, 1.82) is 0 Å². The van der Waals surface area contributed by atoms with Crippen LogP contribution in [-0.4, -0.2) is 12.5 Å². The normalized spacial score (nSPS) is 24.9. The molecule has 19 heavy (non-hydrogen) atoms. The van der Waals surface area contributed by atoms with Crippen molar-refractivity contribution < 1.29 is 4.79 Å². The van der Waals surface area contributed by atoms with Gasteiger partial charge in [0.2, 0.25) is 5.91 Å². The van der Waals surface area contributed by atoms with Gasteiger partial charge in [0.25, 0.3) is 0 Å². The second-order valence-electron chi connectivity index (χ2n) is 5.71. The Kier molecular flexibility index (Phi) is 5.40. The molecule has 0 radical (unpaired) electrons. The zero-order valence-electron chi connectivity index (χ0n) is 11.6. The van der Waals surface area contributed by atoms with E-state index < -0.39 is 6.04 Å². The van der Waals surface area contributed by atoms with Crippen LogP contribution in [0, 0.1) is 11.8 Å². The largest absolute Gasteiger partial charge is 0.354 e. The molecule has 3 nitrogen and oxygen atoms in total. The van der Waals surface area contributed by atoms with Gasteiger partial charge in [0.1, 0.15) is 6.04 Å². The number of rotatable bonds is 5. The standard InChI is InChI=1S/C15H24N2OS/c1-11-4-2-5-12(10-11)7-8-17-15(18)14(16)13-6-3-9-19-13/h3,6,9,11-12,14H,2,4-5,7-8,10,16H2,1H3,(H,17,18). The number of amides is 1. The summed E-state index contributed by atoms with van der Waals surface area (Å²) >= 11 is 1.54. The second-order valence-corrected chi connectivity index (χ2v) is 6.69. The fourth-order valence-electron chi connectivity index (χ4n) is 2.93. The van der Waals surface area contributed by atoms with E-state index in [0.717, 1.165) is 29.7 Å². The lowest BCUT2D eigenvalue weighted by Gasteiger charge is -2.26. The monoisotopic (exact) mass is 280 g/mol. The maximum absolute atomic E-state index is 11.9. The molecule has 1 amide bonds. The van der Waals surface area contributed by atoms with E-state index in [9.17, 15) is 4.79 Å². The third-order valence-electron chi connectivity index (χ3n) is 4.03. The zero-order valence-corrected chi connectivity index (χ0v) is 12.4. The van der Waals surface area contributed by atoms with Crippen LogP contribution in [0.25, 0.3) is 0 Å². The van der Waals surface area contributed by atoms with Gasteiger partial charge in [-0.1, -0.05) is 32.3 Å². The lowest BCUT2D eigenvalue weighted by Crippen LogP contribution is -2.35. The van der Waals surface area contributed by atoms with Gasteiger partial charge in [0.15, 0.2) is 0 Å². The minimum Gasteiger partial charge on any atom is -0.354 e. The Bertz CT molecular complexity index is 391. The summed E-state index contributed by atoms with van der Waals surface area (Å²) in [6.45, 7) is 3.09. The smallest absolute Gasteiger partial charge is 0.242 e. The molecule has 0 aromatic carbocycles. The minimum atomic E-state index is -0.509. The molecule has 1 saturated carbocycles. The van der Waals surface area contributed by atoms with Crippen LogP contribution in [0.4, 0.5) is 0 Å². The number of carbonyl (C=O) groups is 1. The number of hydrogen-bond donors (Lipinski definition) is 2. The van der Waals surface area contributed by atoms with Gasteiger partial charge in [-0.15, -0.1) is 11.3 Å². The van der Waals surface area contributed by atoms with Crippen molar-refractivity contribution in [1.82, 2.24) is 5.32 Å². The van der Waals surface area contributed by atoms with Gasteiger partial charge in [-0.2, -0.15) is 0 Å². The average molecular weight is 280 g/mol. The molecule has 106 valence electrons. The Balaban J connectivity index is 1.69. The van der Waals surface area contributed by atoms with Crippen LogP contribution < -0.4 is 11.1 Å². The highest BCUT2D eigenvalue weighted by Crippen LogP contribution is 2.30. The van der Waals surface area contributed by atoms with Gasteiger partial charge in [-0.3, -0.25) is 4.79 Å². The molecular formula is C15H24N2OS. The van der Waals surface area contributed by atoms with Crippen molar-refractivity contribution in [2.24, 2.45) is 17.6 Å². The van der Waals surface area contributed by atoms with Crippen LogP contribution in [0.15, 0.2) is 17.5 Å². The van der Waals surface area contributed by atoms with Crippen LogP contribution in [-0.2, 0) is 4.79 Å². The molecule has 1 aliphatic rings. The summed E-state index contributed by atoms with van der Waals surface area (Å²) in [4.78, 5) is 12.9. The first-order valence-electron chi connectivity index (χ1n) is 7.23. The van der Waals surface area contributed by atoms with Crippen molar-refractivity contribution in [2.45, 2.75) is 45.1 Å². The molecule has 0 spiro atoms. The average Bonchev–Trinajstić information content (AvgIpc) is 2.91. The van der Waals surface area contributed by atoms with E-state index >= 15 is 0 Å². The molecule has 4 heteroatoms. The van der Waals surface area contributed by atoms with Crippen LogP contribution in [0.2, 0.25) is 0 Å². The van der Waals surface area contributed by atoms with Crippen molar-refractivity contribution in [2.75, 3.05) is 6.54 Å². The van der Waals surface area contributed by atoms with Crippen LogP contribution in [0.1, 0.15) is 49.9 Å². The molecule has 1 aromatic heterocycles. The highest BCUT2D eigenvalue weighted by molar-refractivity contribution is 7.10. The summed E-state index contributed by atoms with van der Waals surface area (Å²) in [5.41, 5.74) is 5.92. The summed E-state index contributed by atoms with van der Waals surface area (Å²) in [6, 6.07) is 3.33. The number of nitrogens with one attached hydrogen (secondary N) is 1. The van der Waals surface area contributed by atoms with E-state index in [1.807, 2.05) is 17.5 Å². The Hall–Kier alpha value is -0.870. The topological polar surface area (TPSA) is 55.1 Å². The van der Waals surface area contributed by atoms with E-state index in [4.69, 9.17) is 5.73 Å². The van der Waals surface area contributed by atoms with Gasteiger partial charge >= 0.3 is 0 Å². The summed E-state index contributed by atoms with van der Waals surface area (Å²) < 4.78 is 0. The molecule has 1 heterocycles. The van der Waals surface area contributed by atoms with Crippen LogP contribution >= 0.6 is 11.3 Å². The highest BCUT2D eigenvalue weighted by Gasteiger charge is 2.20. The van der Waals surface area contributed by atoms with Gasteiger partial charge in [-0.05, 0) is 36.1 Å². The van der Waals surface area contributed by atoms with Crippen molar-refractivity contribution >= 4 is 17.2 Å². The number of thiophene rings is 1. The molecule has 3 unspecified atom stereocenters.